The Hall–Kier alpha value is -2.10. The van der Waals surface area contributed by atoms with E-state index in [0.717, 1.165) is 16.7 Å². The number of nitrogens with one attached hydrogen (secondary N) is 1. The van der Waals surface area contributed by atoms with Crippen molar-refractivity contribution in [3.05, 3.63) is 45.5 Å². The Morgan fingerprint density at radius 2 is 1.71 bits per heavy atom. The Balaban J connectivity index is 2.82. The number of hydrogen-bond donors (Lipinski definition) is 2. The van der Waals surface area contributed by atoms with Crippen LogP contribution in [-0.2, 0) is 0 Å². The maximum atomic E-state index is 11.9. The van der Waals surface area contributed by atoms with Crippen molar-refractivity contribution in [1.29, 1.82) is 0 Å². The van der Waals surface area contributed by atoms with E-state index in [0.29, 0.717) is 5.82 Å². The SMILES string of the molecule is Cc1nc(O)c(-c2c(C)cccc2C)c(=O)[nH]1. The Bertz CT molecular complexity index is 610. The summed E-state index contributed by atoms with van der Waals surface area (Å²) in [4.78, 5) is 18.4. The molecule has 0 aliphatic carbocycles. The highest BCUT2D eigenvalue weighted by Crippen LogP contribution is 2.29. The number of aromatic nitrogens is 2. The van der Waals surface area contributed by atoms with E-state index in [2.05, 4.69) is 9.97 Å². The molecule has 1 heterocycles. The molecule has 2 aromatic rings. The molecule has 0 unspecified atom stereocenters. The van der Waals surface area contributed by atoms with Gasteiger partial charge in [-0.2, -0.15) is 0 Å². The second kappa shape index (κ2) is 4.05. The van der Waals surface area contributed by atoms with E-state index >= 15 is 0 Å². The largest absolute Gasteiger partial charge is 0.493 e. The van der Waals surface area contributed by atoms with Crippen LogP contribution in [-0.4, -0.2) is 15.1 Å². The Labute approximate surface area is 99.0 Å². The third-order valence-corrected chi connectivity index (χ3v) is 2.75. The third kappa shape index (κ3) is 1.93. The minimum absolute atomic E-state index is 0.219. The lowest BCUT2D eigenvalue weighted by atomic mass is 9.97. The monoisotopic (exact) mass is 230 g/mol. The van der Waals surface area contributed by atoms with Gasteiger partial charge in [0.2, 0.25) is 5.88 Å². The van der Waals surface area contributed by atoms with Crippen molar-refractivity contribution < 1.29 is 5.11 Å². The molecule has 2 rings (SSSR count). The van der Waals surface area contributed by atoms with Gasteiger partial charge in [0.15, 0.2) is 0 Å². The quantitative estimate of drug-likeness (QED) is 0.788. The summed E-state index contributed by atoms with van der Waals surface area (Å²) >= 11 is 0. The zero-order chi connectivity index (χ0) is 12.6. The topological polar surface area (TPSA) is 66.0 Å². The number of H-pyrrole nitrogens is 1. The lowest BCUT2D eigenvalue weighted by molar-refractivity contribution is 0.451. The Morgan fingerprint density at radius 3 is 2.24 bits per heavy atom. The summed E-state index contributed by atoms with van der Waals surface area (Å²) in [5, 5.41) is 9.84. The average molecular weight is 230 g/mol. The van der Waals surface area contributed by atoms with E-state index in [4.69, 9.17) is 0 Å². The minimum atomic E-state index is -0.313. The van der Waals surface area contributed by atoms with Crippen LogP contribution in [0.3, 0.4) is 0 Å². The first-order chi connectivity index (χ1) is 8.00. The maximum absolute atomic E-state index is 11.9. The molecule has 1 aromatic heterocycles. The molecule has 0 fully saturated rings. The van der Waals surface area contributed by atoms with E-state index < -0.39 is 0 Å². The molecule has 0 aliphatic rings. The van der Waals surface area contributed by atoms with E-state index in [9.17, 15) is 9.90 Å². The molecule has 0 amide bonds. The van der Waals surface area contributed by atoms with E-state index in [1.165, 1.54) is 0 Å². The third-order valence-electron chi connectivity index (χ3n) is 2.75. The second-order valence-electron chi connectivity index (χ2n) is 4.12. The van der Waals surface area contributed by atoms with Crippen LogP contribution in [0, 0.1) is 20.8 Å². The highest BCUT2D eigenvalue weighted by Gasteiger charge is 2.15. The summed E-state index contributed by atoms with van der Waals surface area (Å²) in [6.07, 6.45) is 0. The van der Waals surface area contributed by atoms with Crippen LogP contribution < -0.4 is 5.56 Å². The van der Waals surface area contributed by atoms with Gasteiger partial charge >= 0.3 is 0 Å². The average Bonchev–Trinajstić information content (AvgIpc) is 2.21. The van der Waals surface area contributed by atoms with Gasteiger partial charge < -0.3 is 10.1 Å². The summed E-state index contributed by atoms with van der Waals surface area (Å²) in [7, 11) is 0. The van der Waals surface area contributed by atoms with Crippen LogP contribution in [0.2, 0.25) is 0 Å². The molecule has 0 aliphatic heterocycles. The lowest BCUT2D eigenvalue weighted by Gasteiger charge is -2.10. The summed E-state index contributed by atoms with van der Waals surface area (Å²) in [6.45, 7) is 5.44. The highest BCUT2D eigenvalue weighted by molar-refractivity contribution is 5.73. The fraction of sp³-hybridized carbons (Fsp3) is 0.231. The van der Waals surface area contributed by atoms with Crippen molar-refractivity contribution in [2.24, 2.45) is 0 Å². The maximum Gasteiger partial charge on any atom is 0.262 e. The van der Waals surface area contributed by atoms with Gasteiger partial charge in [-0.1, -0.05) is 18.2 Å². The zero-order valence-corrected chi connectivity index (χ0v) is 10.0. The number of aromatic hydroxyl groups is 1. The van der Waals surface area contributed by atoms with Crippen molar-refractivity contribution in [3.8, 4) is 17.0 Å². The number of aryl methyl sites for hydroxylation is 3. The summed E-state index contributed by atoms with van der Waals surface area (Å²) in [5.74, 6) is 0.186. The summed E-state index contributed by atoms with van der Waals surface area (Å²) in [6, 6.07) is 5.73. The van der Waals surface area contributed by atoms with Gasteiger partial charge in [-0.05, 0) is 37.5 Å². The number of nitrogens with zero attached hydrogens (tertiary/aromatic N) is 1. The van der Waals surface area contributed by atoms with Crippen LogP contribution in [0.15, 0.2) is 23.0 Å². The molecule has 0 spiro atoms. The zero-order valence-electron chi connectivity index (χ0n) is 10.0. The van der Waals surface area contributed by atoms with Crippen LogP contribution in [0.1, 0.15) is 17.0 Å². The number of hydrogen-bond acceptors (Lipinski definition) is 3. The van der Waals surface area contributed by atoms with Gasteiger partial charge in [0.05, 0.1) is 0 Å². The fourth-order valence-electron chi connectivity index (χ4n) is 2.01. The van der Waals surface area contributed by atoms with Crippen molar-refractivity contribution >= 4 is 0 Å². The van der Waals surface area contributed by atoms with Gasteiger partial charge in [-0.15, -0.1) is 0 Å². The number of benzene rings is 1. The van der Waals surface area contributed by atoms with Gasteiger partial charge in [0, 0.05) is 0 Å². The highest BCUT2D eigenvalue weighted by atomic mass is 16.3. The van der Waals surface area contributed by atoms with Crippen LogP contribution in [0.4, 0.5) is 0 Å². The predicted octanol–water partition coefficient (Wildman–Crippen LogP) is 2.07. The number of rotatable bonds is 1. The first-order valence-corrected chi connectivity index (χ1v) is 5.37. The standard InChI is InChI=1S/C13H14N2O2/c1-7-5-4-6-8(2)10(7)11-12(16)14-9(3)15-13(11)17/h4-6H,1-3H3,(H2,14,15,16,17). The van der Waals surface area contributed by atoms with Crippen molar-refractivity contribution in [3.63, 3.8) is 0 Å². The molecule has 0 saturated heterocycles. The van der Waals surface area contributed by atoms with Crippen LogP contribution >= 0.6 is 0 Å². The van der Waals surface area contributed by atoms with Gasteiger partial charge in [-0.25, -0.2) is 4.98 Å². The van der Waals surface area contributed by atoms with E-state index in [1.54, 1.807) is 6.92 Å². The molecule has 0 radical (unpaired) electrons. The molecule has 88 valence electrons. The van der Waals surface area contributed by atoms with Gasteiger partial charge in [0.1, 0.15) is 11.4 Å². The molecule has 2 N–H and O–H groups in total. The molecule has 0 saturated carbocycles. The number of aromatic amines is 1. The van der Waals surface area contributed by atoms with E-state index in [1.807, 2.05) is 32.0 Å². The lowest BCUT2D eigenvalue weighted by Crippen LogP contribution is -2.13. The normalized spacial score (nSPS) is 10.5. The Morgan fingerprint density at radius 1 is 1.12 bits per heavy atom. The van der Waals surface area contributed by atoms with Crippen LogP contribution in [0.5, 0.6) is 5.88 Å². The van der Waals surface area contributed by atoms with Crippen molar-refractivity contribution in [2.75, 3.05) is 0 Å². The molecule has 0 bridgehead atoms. The summed E-state index contributed by atoms with van der Waals surface area (Å²) in [5.41, 5.74) is 2.56. The summed E-state index contributed by atoms with van der Waals surface area (Å²) < 4.78 is 0. The molecule has 1 aromatic carbocycles. The molecule has 4 heteroatoms. The molecule has 0 atom stereocenters. The fourth-order valence-corrected chi connectivity index (χ4v) is 2.01. The predicted molar refractivity (Wildman–Crippen MR) is 66.2 cm³/mol. The van der Waals surface area contributed by atoms with Crippen molar-refractivity contribution in [2.45, 2.75) is 20.8 Å². The molecular formula is C13H14N2O2. The van der Waals surface area contributed by atoms with E-state index in [-0.39, 0.29) is 17.0 Å². The molecule has 4 nitrogen and oxygen atoms in total. The van der Waals surface area contributed by atoms with Crippen molar-refractivity contribution in [1.82, 2.24) is 9.97 Å². The first kappa shape index (κ1) is 11.4. The Kier molecular flexibility index (Phi) is 2.71. The minimum Gasteiger partial charge on any atom is -0.493 e. The first-order valence-electron chi connectivity index (χ1n) is 5.37. The second-order valence-corrected chi connectivity index (χ2v) is 4.12. The van der Waals surface area contributed by atoms with Crippen LogP contribution in [0.25, 0.3) is 11.1 Å². The van der Waals surface area contributed by atoms with Gasteiger partial charge in [0.25, 0.3) is 5.56 Å². The smallest absolute Gasteiger partial charge is 0.262 e. The van der Waals surface area contributed by atoms with Gasteiger partial charge in [-0.3, -0.25) is 4.79 Å². The molecular weight excluding hydrogens is 216 g/mol. The molecule has 17 heavy (non-hydrogen) atoms.